The van der Waals surface area contributed by atoms with Crippen molar-refractivity contribution in [3.8, 4) is 39.9 Å². The van der Waals surface area contributed by atoms with E-state index in [1.54, 1.807) is 21.3 Å². The molecule has 140 valence electrons. The lowest BCUT2D eigenvalue weighted by Gasteiger charge is -2.20. The number of hydrogen-bond acceptors (Lipinski definition) is 5. The molecular formula is C22H22O5. The van der Waals surface area contributed by atoms with Gasteiger partial charge in [-0.25, -0.2) is 0 Å². The normalized spacial score (nSPS) is 12.3. The molecule has 1 aliphatic rings. The monoisotopic (exact) mass is 366 g/mol. The predicted molar refractivity (Wildman–Crippen MR) is 105 cm³/mol. The van der Waals surface area contributed by atoms with Gasteiger partial charge in [-0.2, -0.15) is 0 Å². The van der Waals surface area contributed by atoms with Crippen molar-refractivity contribution < 1.29 is 23.7 Å². The molecule has 0 amide bonds. The van der Waals surface area contributed by atoms with Gasteiger partial charge in [0.15, 0.2) is 11.5 Å². The number of fused-ring (bicyclic) bond motifs is 2. The Morgan fingerprint density at radius 1 is 0.815 bits per heavy atom. The zero-order valence-corrected chi connectivity index (χ0v) is 16.1. The summed E-state index contributed by atoms with van der Waals surface area (Å²) in [5.41, 5.74) is 4.49. The average molecular weight is 366 g/mol. The van der Waals surface area contributed by atoms with Crippen LogP contribution in [0.15, 0.2) is 30.3 Å². The Kier molecular flexibility index (Phi) is 4.22. The van der Waals surface area contributed by atoms with Crippen LogP contribution >= 0.6 is 0 Å². The summed E-state index contributed by atoms with van der Waals surface area (Å²) in [5, 5.41) is 1.89. The summed E-state index contributed by atoms with van der Waals surface area (Å²) in [6, 6.07) is 10.1. The molecule has 3 aromatic carbocycles. The average Bonchev–Trinajstić information content (AvgIpc) is 3.17. The molecule has 1 heterocycles. The SMILES string of the molecule is COc1ccc(-c2c(C)c(C)cc3c(OC)c4c(c(OC)c23)OCO4)cc1. The first kappa shape index (κ1) is 17.3. The molecule has 0 aromatic heterocycles. The Labute approximate surface area is 158 Å². The second kappa shape index (κ2) is 6.58. The number of ether oxygens (including phenoxy) is 5. The molecule has 0 atom stereocenters. The van der Waals surface area contributed by atoms with E-state index in [0.717, 1.165) is 33.2 Å². The molecule has 3 aromatic rings. The first-order valence-electron chi connectivity index (χ1n) is 8.72. The van der Waals surface area contributed by atoms with Crippen molar-refractivity contribution >= 4 is 10.8 Å². The molecule has 0 unspecified atom stereocenters. The molecule has 0 N–H and O–H groups in total. The fourth-order valence-electron chi connectivity index (χ4n) is 3.70. The number of hydrogen-bond donors (Lipinski definition) is 0. The smallest absolute Gasteiger partial charge is 0.231 e. The van der Waals surface area contributed by atoms with Crippen molar-refractivity contribution in [1.29, 1.82) is 0 Å². The third kappa shape index (κ3) is 2.53. The molecule has 0 saturated carbocycles. The molecule has 0 radical (unpaired) electrons. The van der Waals surface area contributed by atoms with Gasteiger partial charge in [0, 0.05) is 10.8 Å². The summed E-state index contributed by atoms with van der Waals surface area (Å²) >= 11 is 0. The van der Waals surface area contributed by atoms with E-state index in [9.17, 15) is 0 Å². The number of rotatable bonds is 4. The Bertz CT molecular complexity index is 1020. The highest BCUT2D eigenvalue weighted by Crippen LogP contribution is 2.56. The van der Waals surface area contributed by atoms with Gasteiger partial charge in [-0.1, -0.05) is 12.1 Å². The first-order valence-corrected chi connectivity index (χ1v) is 8.72. The maximum atomic E-state index is 5.79. The zero-order chi connectivity index (χ0) is 19.1. The Morgan fingerprint density at radius 2 is 1.44 bits per heavy atom. The summed E-state index contributed by atoms with van der Waals surface area (Å²) < 4.78 is 28.2. The maximum Gasteiger partial charge on any atom is 0.231 e. The van der Waals surface area contributed by atoms with Crippen LogP contribution in [0, 0.1) is 13.8 Å². The van der Waals surface area contributed by atoms with E-state index in [2.05, 4.69) is 32.0 Å². The van der Waals surface area contributed by atoms with Gasteiger partial charge in [-0.15, -0.1) is 0 Å². The van der Waals surface area contributed by atoms with E-state index in [-0.39, 0.29) is 6.79 Å². The van der Waals surface area contributed by atoms with E-state index in [4.69, 9.17) is 23.7 Å². The van der Waals surface area contributed by atoms with Crippen LogP contribution in [0.2, 0.25) is 0 Å². The van der Waals surface area contributed by atoms with Gasteiger partial charge in [-0.05, 0) is 54.3 Å². The van der Waals surface area contributed by atoms with Crippen molar-refractivity contribution in [2.24, 2.45) is 0 Å². The number of benzene rings is 3. The van der Waals surface area contributed by atoms with Crippen molar-refractivity contribution in [3.05, 3.63) is 41.5 Å². The molecule has 0 aliphatic carbocycles. The quantitative estimate of drug-likeness (QED) is 0.659. The Hall–Kier alpha value is -3.08. The van der Waals surface area contributed by atoms with Gasteiger partial charge in [0.2, 0.25) is 18.3 Å². The van der Waals surface area contributed by atoms with Crippen LogP contribution in [0.5, 0.6) is 28.7 Å². The van der Waals surface area contributed by atoms with Gasteiger partial charge in [0.25, 0.3) is 0 Å². The zero-order valence-electron chi connectivity index (χ0n) is 16.1. The fourth-order valence-corrected chi connectivity index (χ4v) is 3.70. The summed E-state index contributed by atoms with van der Waals surface area (Å²) in [6.07, 6.45) is 0. The highest BCUT2D eigenvalue weighted by atomic mass is 16.7. The van der Waals surface area contributed by atoms with Gasteiger partial charge in [0.1, 0.15) is 5.75 Å². The molecule has 0 fully saturated rings. The fraction of sp³-hybridized carbons (Fsp3) is 0.273. The number of methoxy groups -OCH3 is 3. The predicted octanol–water partition coefficient (Wildman–Crippen LogP) is 4.88. The van der Waals surface area contributed by atoms with Gasteiger partial charge in [0.05, 0.1) is 21.3 Å². The topological polar surface area (TPSA) is 46.2 Å². The van der Waals surface area contributed by atoms with E-state index >= 15 is 0 Å². The second-order valence-corrected chi connectivity index (χ2v) is 6.48. The molecule has 27 heavy (non-hydrogen) atoms. The summed E-state index contributed by atoms with van der Waals surface area (Å²) in [5.74, 6) is 3.31. The van der Waals surface area contributed by atoms with E-state index in [1.165, 1.54) is 5.56 Å². The summed E-state index contributed by atoms with van der Waals surface area (Å²) in [7, 11) is 4.96. The Morgan fingerprint density at radius 3 is 2.04 bits per heavy atom. The highest BCUT2D eigenvalue weighted by Gasteiger charge is 2.30. The molecule has 0 saturated heterocycles. The third-order valence-corrected chi connectivity index (χ3v) is 5.13. The lowest BCUT2D eigenvalue weighted by molar-refractivity contribution is 0.169. The molecule has 5 heteroatoms. The molecule has 0 spiro atoms. The molecular weight excluding hydrogens is 344 g/mol. The van der Waals surface area contributed by atoms with E-state index < -0.39 is 0 Å². The van der Waals surface area contributed by atoms with Crippen molar-refractivity contribution in [2.45, 2.75) is 13.8 Å². The van der Waals surface area contributed by atoms with Crippen molar-refractivity contribution in [1.82, 2.24) is 0 Å². The molecule has 4 rings (SSSR count). The molecule has 0 bridgehead atoms. The standard InChI is InChI=1S/C22H22O5/c1-12-10-16-18(17(13(12)2)14-6-8-15(23-3)9-7-14)20(25-5)22-21(19(16)24-4)26-11-27-22/h6-10H,11H2,1-5H3. The lowest BCUT2D eigenvalue weighted by Crippen LogP contribution is -1.98. The Balaban J connectivity index is 2.15. The summed E-state index contributed by atoms with van der Waals surface area (Å²) in [6.45, 7) is 4.36. The van der Waals surface area contributed by atoms with Crippen LogP contribution in [0.25, 0.3) is 21.9 Å². The third-order valence-electron chi connectivity index (χ3n) is 5.13. The van der Waals surface area contributed by atoms with Crippen LogP contribution < -0.4 is 23.7 Å². The van der Waals surface area contributed by atoms with Gasteiger partial charge in [-0.3, -0.25) is 0 Å². The van der Waals surface area contributed by atoms with E-state index in [0.29, 0.717) is 23.0 Å². The van der Waals surface area contributed by atoms with Crippen LogP contribution in [0.3, 0.4) is 0 Å². The first-order chi connectivity index (χ1) is 13.1. The maximum absolute atomic E-state index is 5.79. The van der Waals surface area contributed by atoms with Crippen molar-refractivity contribution in [3.63, 3.8) is 0 Å². The minimum absolute atomic E-state index is 0.147. The van der Waals surface area contributed by atoms with Gasteiger partial charge < -0.3 is 23.7 Å². The number of aryl methyl sites for hydroxylation is 1. The lowest BCUT2D eigenvalue weighted by atomic mass is 9.89. The largest absolute Gasteiger partial charge is 0.497 e. The van der Waals surface area contributed by atoms with Gasteiger partial charge >= 0.3 is 0 Å². The minimum Gasteiger partial charge on any atom is -0.497 e. The molecule has 1 aliphatic heterocycles. The molecule has 5 nitrogen and oxygen atoms in total. The highest BCUT2D eigenvalue weighted by molar-refractivity contribution is 6.09. The minimum atomic E-state index is 0.147. The van der Waals surface area contributed by atoms with Crippen LogP contribution in [0.4, 0.5) is 0 Å². The van der Waals surface area contributed by atoms with Crippen LogP contribution in [0.1, 0.15) is 11.1 Å². The summed E-state index contributed by atoms with van der Waals surface area (Å²) in [4.78, 5) is 0. The van der Waals surface area contributed by atoms with E-state index in [1.807, 2.05) is 12.1 Å². The van der Waals surface area contributed by atoms with Crippen LogP contribution in [-0.2, 0) is 0 Å². The second-order valence-electron chi connectivity index (χ2n) is 6.48. The van der Waals surface area contributed by atoms with Crippen molar-refractivity contribution in [2.75, 3.05) is 28.1 Å². The van der Waals surface area contributed by atoms with Crippen LogP contribution in [-0.4, -0.2) is 28.1 Å².